The maximum Gasteiger partial charge on any atom is 0.0639 e. The van der Waals surface area contributed by atoms with Crippen LogP contribution >= 0.6 is 0 Å². The summed E-state index contributed by atoms with van der Waals surface area (Å²) < 4.78 is 0. The van der Waals surface area contributed by atoms with Gasteiger partial charge in [0.25, 0.3) is 0 Å². The normalized spacial score (nSPS) is 17.8. The molecule has 0 unspecified atom stereocenters. The van der Waals surface area contributed by atoms with Crippen molar-refractivity contribution < 1.29 is 0 Å². The minimum absolute atomic E-state index is 0.256. The quantitative estimate of drug-likeness (QED) is 0.659. The van der Waals surface area contributed by atoms with Crippen molar-refractivity contribution in [2.45, 2.75) is 46.3 Å². The lowest BCUT2D eigenvalue weighted by Gasteiger charge is -2.31. The van der Waals surface area contributed by atoms with E-state index in [1.165, 1.54) is 11.3 Å². The molecular weight excluding hydrogens is 162 g/mol. The first kappa shape index (κ1) is 8.75. The zero-order chi connectivity index (χ0) is 9.64. The third-order valence-corrected chi connectivity index (χ3v) is 2.81. The largest absolute Gasteiger partial charge is 0.288 e. The number of nitrogens with zero attached hydrogens (tertiary/aromatic N) is 2. The zero-order valence-corrected chi connectivity index (χ0v) is 8.81. The van der Waals surface area contributed by atoms with Gasteiger partial charge in [-0.1, -0.05) is 0 Å². The molecule has 1 aliphatic heterocycles. The molecule has 13 heavy (non-hydrogen) atoms. The SMILES string of the molecule is Cc1n[nH]c2c1CN(C(C)(C)C)C2. The highest BCUT2D eigenvalue weighted by atomic mass is 15.2. The summed E-state index contributed by atoms with van der Waals surface area (Å²) in [6.45, 7) is 10.9. The van der Waals surface area contributed by atoms with Crippen LogP contribution in [-0.2, 0) is 13.1 Å². The van der Waals surface area contributed by atoms with Gasteiger partial charge in [0, 0.05) is 24.2 Å². The summed E-state index contributed by atoms with van der Waals surface area (Å²) in [5.41, 5.74) is 4.11. The standard InChI is InChI=1S/C10H17N3/c1-7-8-5-13(10(2,3)4)6-9(8)12-11-7/h5-6H2,1-4H3,(H,11,12). The van der Waals surface area contributed by atoms with Gasteiger partial charge < -0.3 is 0 Å². The van der Waals surface area contributed by atoms with E-state index in [2.05, 4.69) is 42.8 Å². The molecule has 1 aliphatic rings. The average molecular weight is 179 g/mol. The number of H-pyrrole nitrogens is 1. The Hall–Kier alpha value is -0.830. The fourth-order valence-electron chi connectivity index (χ4n) is 1.76. The van der Waals surface area contributed by atoms with E-state index in [0.717, 1.165) is 18.8 Å². The summed E-state index contributed by atoms with van der Waals surface area (Å²) in [5.74, 6) is 0. The summed E-state index contributed by atoms with van der Waals surface area (Å²) in [4.78, 5) is 2.46. The fourth-order valence-corrected chi connectivity index (χ4v) is 1.76. The Bertz CT molecular complexity index is 319. The van der Waals surface area contributed by atoms with Gasteiger partial charge in [-0.3, -0.25) is 10.00 Å². The van der Waals surface area contributed by atoms with Gasteiger partial charge in [0.1, 0.15) is 0 Å². The number of rotatable bonds is 0. The summed E-state index contributed by atoms with van der Waals surface area (Å²) in [6, 6.07) is 0. The molecule has 0 spiro atoms. The highest BCUT2D eigenvalue weighted by Gasteiger charge is 2.30. The molecule has 0 aromatic carbocycles. The summed E-state index contributed by atoms with van der Waals surface area (Å²) in [6.07, 6.45) is 0. The van der Waals surface area contributed by atoms with Crippen LogP contribution in [0.25, 0.3) is 0 Å². The number of hydrogen-bond donors (Lipinski definition) is 1. The second-order valence-corrected chi connectivity index (χ2v) is 4.79. The summed E-state index contributed by atoms with van der Waals surface area (Å²) >= 11 is 0. The molecular formula is C10H17N3. The first-order valence-corrected chi connectivity index (χ1v) is 4.76. The molecule has 1 aromatic heterocycles. The third-order valence-electron chi connectivity index (χ3n) is 2.81. The third kappa shape index (κ3) is 1.37. The Morgan fingerprint density at radius 1 is 1.31 bits per heavy atom. The van der Waals surface area contributed by atoms with E-state index < -0.39 is 0 Å². The highest BCUT2D eigenvalue weighted by molar-refractivity contribution is 5.28. The molecule has 0 fully saturated rings. The van der Waals surface area contributed by atoms with E-state index >= 15 is 0 Å². The molecule has 0 bridgehead atoms. The number of hydrogen-bond acceptors (Lipinski definition) is 2. The van der Waals surface area contributed by atoms with Crippen LogP contribution in [0.2, 0.25) is 0 Å². The molecule has 3 heteroatoms. The maximum absolute atomic E-state index is 4.20. The minimum atomic E-state index is 0.256. The number of fused-ring (bicyclic) bond motifs is 1. The molecule has 1 N–H and O–H groups in total. The van der Waals surface area contributed by atoms with Crippen LogP contribution < -0.4 is 0 Å². The van der Waals surface area contributed by atoms with Gasteiger partial charge >= 0.3 is 0 Å². The lowest BCUT2D eigenvalue weighted by atomic mass is 10.1. The van der Waals surface area contributed by atoms with Crippen LogP contribution in [0.5, 0.6) is 0 Å². The lowest BCUT2D eigenvalue weighted by molar-refractivity contribution is 0.134. The van der Waals surface area contributed by atoms with Crippen molar-refractivity contribution in [2.24, 2.45) is 0 Å². The predicted octanol–water partition coefficient (Wildman–Crippen LogP) is 1.83. The molecule has 1 aromatic rings. The Balaban J connectivity index is 2.24. The lowest BCUT2D eigenvalue weighted by Crippen LogP contribution is -2.37. The Labute approximate surface area is 79.1 Å². The van der Waals surface area contributed by atoms with E-state index in [1.807, 2.05) is 0 Å². The van der Waals surface area contributed by atoms with Gasteiger partial charge in [0.15, 0.2) is 0 Å². The van der Waals surface area contributed by atoms with Crippen LogP contribution in [-0.4, -0.2) is 20.6 Å². The summed E-state index contributed by atoms with van der Waals surface area (Å²) in [7, 11) is 0. The number of nitrogens with one attached hydrogen (secondary N) is 1. The monoisotopic (exact) mass is 179 g/mol. The van der Waals surface area contributed by atoms with Crippen molar-refractivity contribution in [2.75, 3.05) is 0 Å². The predicted molar refractivity (Wildman–Crippen MR) is 52.3 cm³/mol. The zero-order valence-electron chi connectivity index (χ0n) is 8.81. The molecule has 0 radical (unpaired) electrons. The number of aromatic amines is 1. The molecule has 2 rings (SSSR count). The Morgan fingerprint density at radius 2 is 2.00 bits per heavy atom. The second-order valence-electron chi connectivity index (χ2n) is 4.79. The number of aromatic nitrogens is 2. The second kappa shape index (κ2) is 2.58. The van der Waals surface area contributed by atoms with Crippen LogP contribution in [0.3, 0.4) is 0 Å². The van der Waals surface area contributed by atoms with E-state index in [0.29, 0.717) is 0 Å². The van der Waals surface area contributed by atoms with Gasteiger partial charge in [-0.15, -0.1) is 0 Å². The van der Waals surface area contributed by atoms with Crippen molar-refractivity contribution in [3.05, 3.63) is 17.0 Å². The molecule has 0 aliphatic carbocycles. The van der Waals surface area contributed by atoms with Crippen molar-refractivity contribution in [1.29, 1.82) is 0 Å². The van der Waals surface area contributed by atoms with Crippen LogP contribution in [0.1, 0.15) is 37.7 Å². The van der Waals surface area contributed by atoms with Gasteiger partial charge in [-0.2, -0.15) is 5.10 Å². The van der Waals surface area contributed by atoms with E-state index in [-0.39, 0.29) is 5.54 Å². The molecule has 0 amide bonds. The van der Waals surface area contributed by atoms with Crippen LogP contribution in [0, 0.1) is 6.92 Å². The fraction of sp³-hybridized carbons (Fsp3) is 0.700. The molecule has 0 atom stereocenters. The first-order valence-electron chi connectivity index (χ1n) is 4.76. The van der Waals surface area contributed by atoms with Gasteiger partial charge in [-0.05, 0) is 27.7 Å². The molecule has 0 saturated carbocycles. The van der Waals surface area contributed by atoms with E-state index in [4.69, 9.17) is 0 Å². The van der Waals surface area contributed by atoms with Crippen molar-refractivity contribution in [3.8, 4) is 0 Å². The summed E-state index contributed by atoms with van der Waals surface area (Å²) in [5, 5.41) is 7.30. The number of aryl methyl sites for hydroxylation is 1. The van der Waals surface area contributed by atoms with Crippen LogP contribution in [0.15, 0.2) is 0 Å². The van der Waals surface area contributed by atoms with E-state index in [1.54, 1.807) is 0 Å². The topological polar surface area (TPSA) is 31.9 Å². The maximum atomic E-state index is 4.20. The Morgan fingerprint density at radius 3 is 2.54 bits per heavy atom. The minimum Gasteiger partial charge on any atom is -0.288 e. The molecule has 3 nitrogen and oxygen atoms in total. The smallest absolute Gasteiger partial charge is 0.0639 e. The average Bonchev–Trinajstić information content (AvgIpc) is 2.51. The molecule has 0 saturated heterocycles. The van der Waals surface area contributed by atoms with Gasteiger partial charge in [0.2, 0.25) is 0 Å². The molecule has 2 heterocycles. The van der Waals surface area contributed by atoms with Gasteiger partial charge in [-0.25, -0.2) is 0 Å². The Kier molecular flexibility index (Phi) is 1.74. The van der Waals surface area contributed by atoms with Gasteiger partial charge in [0.05, 0.1) is 11.4 Å². The van der Waals surface area contributed by atoms with Crippen LogP contribution in [0.4, 0.5) is 0 Å². The molecule has 72 valence electrons. The van der Waals surface area contributed by atoms with Crippen molar-refractivity contribution >= 4 is 0 Å². The van der Waals surface area contributed by atoms with E-state index in [9.17, 15) is 0 Å². The van der Waals surface area contributed by atoms with Crippen molar-refractivity contribution in [3.63, 3.8) is 0 Å². The van der Waals surface area contributed by atoms with Crippen molar-refractivity contribution in [1.82, 2.24) is 15.1 Å². The highest BCUT2D eigenvalue weighted by Crippen LogP contribution is 2.28. The first-order chi connectivity index (χ1) is 5.98.